The summed E-state index contributed by atoms with van der Waals surface area (Å²) in [4.78, 5) is 16.4. The molecule has 53 heavy (non-hydrogen) atoms. The number of pyridine rings is 1. The molecule has 2 fully saturated rings. The summed E-state index contributed by atoms with van der Waals surface area (Å²) < 4.78 is 46.2. The molecule has 3 aromatic rings. The van der Waals surface area contributed by atoms with Gasteiger partial charge in [-0.2, -0.15) is 4.31 Å². The van der Waals surface area contributed by atoms with E-state index in [1.807, 2.05) is 36.5 Å². The second-order valence-corrected chi connectivity index (χ2v) is 15.6. The molecule has 7 N–H and O–H groups in total. The van der Waals surface area contributed by atoms with Gasteiger partial charge in [-0.15, -0.1) is 0 Å². The number of nitrogens with zero attached hydrogens (tertiary/aromatic N) is 2. The summed E-state index contributed by atoms with van der Waals surface area (Å²) in [6.45, 7) is -1.02. The normalized spacial score (nSPS) is 17.5. The van der Waals surface area contributed by atoms with E-state index < -0.39 is 59.2 Å². The number of sulfonamides is 1. The summed E-state index contributed by atoms with van der Waals surface area (Å²) in [5.41, 5.74) is 2.81. The van der Waals surface area contributed by atoms with Crippen molar-refractivity contribution >= 4 is 27.7 Å². The van der Waals surface area contributed by atoms with E-state index in [0.29, 0.717) is 10.6 Å². The van der Waals surface area contributed by atoms with E-state index in [2.05, 4.69) is 15.6 Å². The molecular weight excluding hydrogens is 732 g/mol. The first kappa shape index (κ1) is 40.8. The second kappa shape index (κ2) is 18.3. The SMILES string of the molecule is CN(CCOCCNC(=O)NC[C@@H](O)[C@H](O)[C@@H](O)[C@@H](O)CO)S(=O)(=O)c1ccc(Cl)c(COC2(c3cnccc3-c3ccccc3OC3CC3)CC2)c1. The number of aliphatic hydroxyl groups is 5. The summed E-state index contributed by atoms with van der Waals surface area (Å²) in [5.74, 6) is 0.820. The summed E-state index contributed by atoms with van der Waals surface area (Å²) in [6.07, 6.45) is 0.569. The summed E-state index contributed by atoms with van der Waals surface area (Å²) in [6, 6.07) is 13.7. The van der Waals surface area contributed by atoms with Gasteiger partial charge in [0.1, 0.15) is 24.1 Å². The van der Waals surface area contributed by atoms with Crippen LogP contribution < -0.4 is 15.4 Å². The highest BCUT2D eigenvalue weighted by atomic mass is 35.5. The number of carbonyl (C=O) groups is 1. The number of likely N-dealkylation sites (N-methyl/N-ethyl adjacent to an activating group) is 1. The molecule has 1 heterocycles. The van der Waals surface area contributed by atoms with Gasteiger partial charge in [-0.3, -0.25) is 4.98 Å². The van der Waals surface area contributed by atoms with Crippen molar-refractivity contribution in [2.45, 2.75) is 73.3 Å². The number of aromatic nitrogens is 1. The lowest BCUT2D eigenvalue weighted by molar-refractivity contribution is -0.113. The fourth-order valence-corrected chi connectivity index (χ4v) is 6.95. The van der Waals surface area contributed by atoms with Crippen LogP contribution in [0, 0.1) is 0 Å². The van der Waals surface area contributed by atoms with Crippen LogP contribution in [-0.4, -0.2) is 126 Å². The number of hydrogen-bond acceptors (Lipinski definition) is 12. The van der Waals surface area contributed by atoms with Crippen LogP contribution in [0.2, 0.25) is 5.02 Å². The molecule has 1 aromatic heterocycles. The molecule has 5 rings (SSSR count). The van der Waals surface area contributed by atoms with Crippen molar-refractivity contribution in [3.63, 3.8) is 0 Å². The van der Waals surface area contributed by atoms with Crippen LogP contribution in [0.3, 0.4) is 0 Å². The fourth-order valence-electron chi connectivity index (χ4n) is 5.57. The van der Waals surface area contributed by atoms with Crippen LogP contribution in [0.4, 0.5) is 4.79 Å². The number of amides is 2. The van der Waals surface area contributed by atoms with E-state index in [-0.39, 0.29) is 43.9 Å². The topological polar surface area (TPSA) is 220 Å². The van der Waals surface area contributed by atoms with Gasteiger partial charge in [-0.05, 0) is 67.1 Å². The highest BCUT2D eigenvalue weighted by molar-refractivity contribution is 7.89. The van der Waals surface area contributed by atoms with Crippen molar-refractivity contribution in [2.24, 2.45) is 0 Å². The Morgan fingerprint density at radius 1 is 1.02 bits per heavy atom. The average molecular weight is 779 g/mol. The molecule has 0 unspecified atom stereocenters. The smallest absolute Gasteiger partial charge is 0.314 e. The van der Waals surface area contributed by atoms with Crippen LogP contribution in [0.25, 0.3) is 11.1 Å². The average Bonchev–Trinajstić information content (AvgIpc) is 4.11. The van der Waals surface area contributed by atoms with E-state index >= 15 is 0 Å². The highest BCUT2D eigenvalue weighted by Crippen LogP contribution is 2.53. The van der Waals surface area contributed by atoms with Gasteiger partial charge in [-0.25, -0.2) is 13.2 Å². The van der Waals surface area contributed by atoms with Gasteiger partial charge in [0, 0.05) is 55.2 Å². The zero-order chi connectivity index (χ0) is 38.2. The first-order valence-corrected chi connectivity index (χ1v) is 19.2. The molecule has 2 saturated carbocycles. The maximum atomic E-state index is 13.4. The largest absolute Gasteiger partial charge is 0.490 e. The Morgan fingerprint density at radius 3 is 2.47 bits per heavy atom. The Morgan fingerprint density at radius 2 is 1.75 bits per heavy atom. The molecule has 290 valence electrons. The Labute approximate surface area is 313 Å². The number of halogens is 1. The fraction of sp³-hybridized carbons (Fsp3) is 0.500. The Bertz CT molecular complexity index is 1790. The van der Waals surface area contributed by atoms with E-state index in [0.717, 1.165) is 52.4 Å². The molecule has 17 heteroatoms. The van der Waals surface area contributed by atoms with Gasteiger partial charge in [0.05, 0.1) is 49.1 Å². The molecule has 0 aliphatic heterocycles. The summed E-state index contributed by atoms with van der Waals surface area (Å²) >= 11 is 6.53. The molecule has 0 spiro atoms. The number of rotatable bonds is 21. The van der Waals surface area contributed by atoms with Crippen molar-refractivity contribution in [3.8, 4) is 16.9 Å². The van der Waals surface area contributed by atoms with Crippen LogP contribution in [0.5, 0.6) is 5.75 Å². The minimum absolute atomic E-state index is 0.0217. The third kappa shape index (κ3) is 10.6. The predicted octanol–water partition coefficient (Wildman–Crippen LogP) is 1.52. The number of benzene rings is 2. The first-order chi connectivity index (χ1) is 25.4. The van der Waals surface area contributed by atoms with Crippen LogP contribution in [-0.2, 0) is 31.7 Å². The van der Waals surface area contributed by atoms with Crippen molar-refractivity contribution in [1.29, 1.82) is 0 Å². The standard InChI is InChI=1S/C36H47ClN4O11S/c1-41(15-17-50-16-14-39-35(47)40-20-30(43)33(45)34(46)31(44)21-42)53(48,49)25-8-9-29(37)23(18-25)22-51-36(11-12-36)28-19-38-13-10-26(28)27-4-2-3-5-32(27)52-24-6-7-24/h2-5,8-10,13,18-19,24,30-31,33-34,42-46H,6-7,11-12,14-17,20-22H2,1H3,(H2,39,40,47)/t30-,31+,33+,34+/m1/s1. The maximum absolute atomic E-state index is 13.4. The van der Waals surface area contributed by atoms with E-state index in [4.69, 9.17) is 30.9 Å². The van der Waals surface area contributed by atoms with Gasteiger partial charge in [0.2, 0.25) is 10.0 Å². The molecule has 2 aliphatic rings. The third-order valence-electron chi connectivity index (χ3n) is 9.12. The van der Waals surface area contributed by atoms with Crippen LogP contribution in [0.1, 0.15) is 36.8 Å². The van der Waals surface area contributed by atoms with E-state index in [9.17, 15) is 33.6 Å². The van der Waals surface area contributed by atoms with E-state index in [1.54, 1.807) is 6.20 Å². The van der Waals surface area contributed by atoms with Crippen molar-refractivity contribution in [3.05, 3.63) is 77.1 Å². The monoisotopic (exact) mass is 778 g/mol. The van der Waals surface area contributed by atoms with Crippen LogP contribution >= 0.6 is 11.6 Å². The second-order valence-electron chi connectivity index (χ2n) is 13.1. The predicted molar refractivity (Wildman–Crippen MR) is 194 cm³/mol. The number of nitrogens with one attached hydrogen (secondary N) is 2. The molecule has 4 atom stereocenters. The van der Waals surface area contributed by atoms with Gasteiger partial charge >= 0.3 is 6.03 Å². The first-order valence-electron chi connectivity index (χ1n) is 17.4. The molecule has 15 nitrogen and oxygen atoms in total. The third-order valence-corrected chi connectivity index (χ3v) is 11.3. The number of urea groups is 1. The Hall–Kier alpha value is -3.42. The molecule has 2 aromatic carbocycles. The zero-order valence-electron chi connectivity index (χ0n) is 29.3. The molecule has 0 bridgehead atoms. The molecular formula is C36H47ClN4O11S. The minimum atomic E-state index is -3.92. The van der Waals surface area contributed by atoms with Gasteiger partial charge < -0.3 is 50.4 Å². The quantitative estimate of drug-likeness (QED) is 0.0766. The van der Waals surface area contributed by atoms with Gasteiger partial charge in [0.25, 0.3) is 0 Å². The number of ether oxygens (including phenoxy) is 3. The van der Waals surface area contributed by atoms with Crippen molar-refractivity contribution in [1.82, 2.24) is 19.9 Å². The Kier molecular flexibility index (Phi) is 14.1. The maximum Gasteiger partial charge on any atom is 0.314 e. The number of para-hydroxylation sites is 1. The zero-order valence-corrected chi connectivity index (χ0v) is 30.9. The summed E-state index contributed by atoms with van der Waals surface area (Å²) in [5, 5.41) is 52.7. The van der Waals surface area contributed by atoms with Crippen molar-refractivity contribution in [2.75, 3.05) is 46.5 Å². The number of hydrogen-bond donors (Lipinski definition) is 7. The number of carbonyl (C=O) groups excluding carboxylic acids is 1. The van der Waals surface area contributed by atoms with Gasteiger partial charge in [0.15, 0.2) is 0 Å². The van der Waals surface area contributed by atoms with E-state index in [1.165, 1.54) is 25.2 Å². The minimum Gasteiger partial charge on any atom is -0.490 e. The van der Waals surface area contributed by atoms with Crippen LogP contribution in [0.15, 0.2) is 65.8 Å². The summed E-state index contributed by atoms with van der Waals surface area (Å²) in [7, 11) is -2.49. The molecule has 0 radical (unpaired) electrons. The highest BCUT2D eigenvalue weighted by Gasteiger charge is 2.48. The lowest BCUT2D eigenvalue weighted by Crippen LogP contribution is -2.50. The molecule has 2 amide bonds. The number of aliphatic hydroxyl groups excluding tert-OH is 5. The lowest BCUT2D eigenvalue weighted by atomic mass is 9.96. The van der Waals surface area contributed by atoms with Crippen molar-refractivity contribution < 1.29 is 53.0 Å². The Balaban J connectivity index is 1.10. The van der Waals surface area contributed by atoms with Gasteiger partial charge in [-0.1, -0.05) is 29.8 Å². The molecule has 0 saturated heterocycles. The lowest BCUT2D eigenvalue weighted by Gasteiger charge is -2.25. The molecule has 2 aliphatic carbocycles.